The van der Waals surface area contributed by atoms with Crippen molar-refractivity contribution in [1.82, 2.24) is 0 Å². The van der Waals surface area contributed by atoms with Crippen LogP contribution in [0.3, 0.4) is 0 Å². The Morgan fingerprint density at radius 1 is 1.00 bits per heavy atom. The SMILES string of the molecule is C#C[C@H](OCc1ccccc1)[C@@H](C)[C@H](C)C1(C[C@@H](COCc2ccc(OC)cc2)OC(=O)C(C)(C)C)SCCCS1. The lowest BCUT2D eigenvalue weighted by Gasteiger charge is -2.46. The van der Waals surface area contributed by atoms with Crippen LogP contribution in [0.4, 0.5) is 0 Å². The highest BCUT2D eigenvalue weighted by Crippen LogP contribution is 2.53. The van der Waals surface area contributed by atoms with Crippen LogP contribution in [0.1, 0.15) is 58.6 Å². The van der Waals surface area contributed by atoms with Crippen LogP contribution >= 0.6 is 23.5 Å². The second-order valence-corrected chi connectivity index (χ2v) is 14.8. The van der Waals surface area contributed by atoms with Crippen molar-refractivity contribution >= 4 is 29.5 Å². The molecular formula is C34H46O5S2. The number of carbonyl (C=O) groups excluding carboxylic acids is 1. The van der Waals surface area contributed by atoms with Crippen molar-refractivity contribution in [1.29, 1.82) is 0 Å². The standard InChI is InChI=1S/C34H46O5S2/c1-8-31(38-23-27-13-10-9-11-14-27)25(2)26(3)34(40-19-12-20-41-34)21-30(39-32(35)33(4,5)6)24-37-22-28-15-17-29(36-7)18-16-28/h1,9-11,13-18,25-26,30-31H,12,19-24H2,2-7H3/t25-,26-,30-,31-/m0/s1. The average molecular weight is 599 g/mol. The molecule has 0 aromatic heterocycles. The number of hydrogen-bond acceptors (Lipinski definition) is 7. The number of carbonyl (C=O) groups is 1. The van der Waals surface area contributed by atoms with Crippen molar-refractivity contribution < 1.29 is 23.7 Å². The summed E-state index contributed by atoms with van der Waals surface area (Å²) in [4.78, 5) is 13.1. The van der Waals surface area contributed by atoms with Gasteiger partial charge in [-0.25, -0.2) is 0 Å². The quantitative estimate of drug-likeness (QED) is 0.164. The van der Waals surface area contributed by atoms with Crippen molar-refractivity contribution in [2.45, 2.75) is 77.0 Å². The summed E-state index contributed by atoms with van der Waals surface area (Å²) < 4.78 is 23.7. The van der Waals surface area contributed by atoms with Gasteiger partial charge in [0.25, 0.3) is 0 Å². The molecular weight excluding hydrogens is 553 g/mol. The largest absolute Gasteiger partial charge is 0.497 e. The Morgan fingerprint density at radius 2 is 1.63 bits per heavy atom. The van der Waals surface area contributed by atoms with Crippen molar-refractivity contribution in [3.63, 3.8) is 0 Å². The van der Waals surface area contributed by atoms with Crippen molar-refractivity contribution in [2.75, 3.05) is 25.2 Å². The van der Waals surface area contributed by atoms with Gasteiger partial charge in [-0.1, -0.05) is 62.2 Å². The molecule has 0 amide bonds. The molecule has 5 nitrogen and oxygen atoms in total. The van der Waals surface area contributed by atoms with E-state index >= 15 is 0 Å². The van der Waals surface area contributed by atoms with Crippen LogP contribution in [0.2, 0.25) is 0 Å². The summed E-state index contributed by atoms with van der Waals surface area (Å²) in [5, 5.41) is 0. The molecule has 0 aliphatic carbocycles. The van der Waals surface area contributed by atoms with Crippen molar-refractivity contribution in [3.05, 3.63) is 65.7 Å². The Labute approximate surface area is 255 Å². The van der Waals surface area contributed by atoms with Crippen LogP contribution in [0.15, 0.2) is 54.6 Å². The lowest BCUT2D eigenvalue weighted by atomic mass is 9.85. The molecule has 4 atom stereocenters. The van der Waals surface area contributed by atoms with E-state index in [1.54, 1.807) is 7.11 Å². The van der Waals surface area contributed by atoms with E-state index in [9.17, 15) is 4.79 Å². The number of methoxy groups -OCH3 is 1. The molecule has 1 aliphatic rings. The molecule has 0 unspecified atom stereocenters. The van der Waals surface area contributed by atoms with Gasteiger partial charge in [0, 0.05) is 6.42 Å². The summed E-state index contributed by atoms with van der Waals surface area (Å²) in [5.74, 6) is 5.92. The maximum Gasteiger partial charge on any atom is 0.311 e. The van der Waals surface area contributed by atoms with Gasteiger partial charge >= 0.3 is 5.97 Å². The number of ether oxygens (including phenoxy) is 4. The van der Waals surface area contributed by atoms with Crippen LogP contribution in [-0.4, -0.2) is 47.5 Å². The molecule has 0 radical (unpaired) electrons. The summed E-state index contributed by atoms with van der Waals surface area (Å²) in [6, 6.07) is 17.9. The zero-order chi connectivity index (χ0) is 29.9. The molecule has 41 heavy (non-hydrogen) atoms. The lowest BCUT2D eigenvalue weighted by Crippen LogP contribution is -2.45. The normalized spacial score (nSPS) is 18.0. The van der Waals surface area contributed by atoms with E-state index in [2.05, 4.69) is 31.9 Å². The highest BCUT2D eigenvalue weighted by Gasteiger charge is 2.46. The number of terminal acetylenes is 1. The van der Waals surface area contributed by atoms with E-state index < -0.39 is 5.41 Å². The Hall–Kier alpha value is -2.11. The Bertz CT molecular complexity index is 1100. The summed E-state index contributed by atoms with van der Waals surface area (Å²) in [6.45, 7) is 11.3. The molecule has 3 rings (SSSR count). The molecule has 0 bridgehead atoms. The highest BCUT2D eigenvalue weighted by atomic mass is 32.2. The third kappa shape index (κ3) is 9.99. The highest BCUT2D eigenvalue weighted by molar-refractivity contribution is 8.18. The van der Waals surface area contributed by atoms with E-state index in [1.807, 2.05) is 86.8 Å². The number of thioether (sulfide) groups is 2. The molecule has 7 heteroatoms. The van der Waals surface area contributed by atoms with E-state index in [-0.39, 0.29) is 34.1 Å². The van der Waals surface area contributed by atoms with Crippen molar-refractivity contribution in [3.8, 4) is 18.1 Å². The minimum atomic E-state index is -0.604. The average Bonchev–Trinajstić information content (AvgIpc) is 2.97. The smallest absolute Gasteiger partial charge is 0.311 e. The van der Waals surface area contributed by atoms with Crippen molar-refractivity contribution in [2.24, 2.45) is 17.3 Å². The minimum absolute atomic E-state index is 0.0981. The Morgan fingerprint density at radius 3 is 2.22 bits per heavy atom. The molecule has 1 saturated heterocycles. The predicted molar refractivity (Wildman–Crippen MR) is 171 cm³/mol. The molecule has 0 N–H and O–H groups in total. The van der Waals surface area contributed by atoms with Crippen LogP contribution in [0, 0.1) is 29.6 Å². The third-order valence-electron chi connectivity index (χ3n) is 7.51. The topological polar surface area (TPSA) is 54.0 Å². The Balaban J connectivity index is 1.75. The molecule has 2 aromatic rings. The van der Waals surface area contributed by atoms with Gasteiger partial charge in [-0.3, -0.25) is 4.79 Å². The van der Waals surface area contributed by atoms with E-state index in [1.165, 1.54) is 0 Å². The number of esters is 1. The van der Waals surface area contributed by atoms with Gasteiger partial charge in [0.2, 0.25) is 0 Å². The number of hydrogen-bond donors (Lipinski definition) is 0. The zero-order valence-electron chi connectivity index (χ0n) is 25.4. The fourth-order valence-corrected chi connectivity index (χ4v) is 8.59. The minimum Gasteiger partial charge on any atom is -0.497 e. The first kappa shape index (κ1) is 33.4. The first-order chi connectivity index (χ1) is 19.6. The second-order valence-electron chi connectivity index (χ2n) is 11.7. The lowest BCUT2D eigenvalue weighted by molar-refractivity contribution is -0.162. The second kappa shape index (κ2) is 15.9. The number of benzene rings is 2. The molecule has 1 heterocycles. The van der Waals surface area contributed by atoms with Gasteiger partial charge in [-0.15, -0.1) is 29.9 Å². The molecule has 1 aliphatic heterocycles. The molecule has 0 spiro atoms. The van der Waals surface area contributed by atoms with Gasteiger partial charge < -0.3 is 18.9 Å². The number of rotatable bonds is 14. The van der Waals surface area contributed by atoms with Crippen LogP contribution in [-0.2, 0) is 32.2 Å². The fraction of sp³-hybridized carbons (Fsp3) is 0.559. The van der Waals surface area contributed by atoms with Gasteiger partial charge in [-0.05, 0) is 73.8 Å². The predicted octanol–water partition coefficient (Wildman–Crippen LogP) is 7.62. The molecule has 1 fully saturated rings. The van der Waals surface area contributed by atoms with Crippen LogP contribution in [0.5, 0.6) is 5.75 Å². The first-order valence-electron chi connectivity index (χ1n) is 14.4. The summed E-state index contributed by atoms with van der Waals surface area (Å²) >= 11 is 3.93. The third-order valence-corrected chi connectivity index (χ3v) is 11.3. The van der Waals surface area contributed by atoms with Gasteiger partial charge in [-0.2, -0.15) is 0 Å². The van der Waals surface area contributed by atoms with Crippen LogP contribution < -0.4 is 4.74 Å². The van der Waals surface area contributed by atoms with E-state index in [4.69, 9.17) is 25.4 Å². The van der Waals surface area contributed by atoms with Gasteiger partial charge in [0.1, 0.15) is 18.0 Å². The Kier molecular flexibility index (Phi) is 13.0. The summed E-state index contributed by atoms with van der Waals surface area (Å²) in [7, 11) is 1.65. The molecule has 0 saturated carbocycles. The monoisotopic (exact) mass is 598 g/mol. The van der Waals surface area contributed by atoms with Gasteiger partial charge in [0.15, 0.2) is 0 Å². The maximum absolute atomic E-state index is 13.1. The van der Waals surface area contributed by atoms with Gasteiger partial charge in [0.05, 0.1) is 36.4 Å². The van der Waals surface area contributed by atoms with Crippen LogP contribution in [0.25, 0.3) is 0 Å². The summed E-state index contributed by atoms with van der Waals surface area (Å²) in [6.07, 6.45) is 7.13. The van der Waals surface area contributed by atoms with E-state index in [0.717, 1.165) is 34.8 Å². The zero-order valence-corrected chi connectivity index (χ0v) is 27.0. The summed E-state index contributed by atoms with van der Waals surface area (Å²) in [5.41, 5.74) is 1.54. The fourth-order valence-electron chi connectivity index (χ4n) is 4.74. The maximum atomic E-state index is 13.1. The molecule has 224 valence electrons. The van der Waals surface area contributed by atoms with E-state index in [0.29, 0.717) is 26.2 Å². The molecule has 2 aromatic carbocycles. The first-order valence-corrected chi connectivity index (χ1v) is 16.4.